The van der Waals surface area contributed by atoms with Crippen molar-refractivity contribution in [1.82, 2.24) is 24.1 Å². The smallest absolute Gasteiger partial charge is 0.160 e. The first-order chi connectivity index (χ1) is 11.1. The molecule has 0 N–H and O–H groups in total. The number of imidazole rings is 1. The number of hydrogen-bond acceptors (Lipinski definition) is 3. The topological polar surface area (TPSA) is 48.5 Å². The van der Waals surface area contributed by atoms with Gasteiger partial charge in [-0.25, -0.2) is 15.0 Å². The largest absolute Gasteiger partial charge is 0.331 e. The first kappa shape index (κ1) is 12.6. The monoisotopic (exact) mass is 301 g/mol. The number of benzene rings is 2. The van der Waals surface area contributed by atoms with Crippen LogP contribution in [-0.2, 0) is 14.1 Å². The van der Waals surface area contributed by atoms with Crippen LogP contribution in [0, 0.1) is 6.92 Å². The van der Waals surface area contributed by atoms with Crippen molar-refractivity contribution >= 4 is 44.1 Å². The average molecular weight is 301 g/mol. The fourth-order valence-corrected chi connectivity index (χ4v) is 3.35. The molecule has 5 rings (SSSR count). The molecule has 0 bridgehead atoms. The van der Waals surface area contributed by atoms with E-state index >= 15 is 0 Å². The van der Waals surface area contributed by atoms with Crippen LogP contribution in [-0.4, -0.2) is 24.1 Å². The summed E-state index contributed by atoms with van der Waals surface area (Å²) >= 11 is 0. The molecule has 0 atom stereocenters. The number of nitrogens with zero attached hydrogens (tertiary/aromatic N) is 5. The molecule has 112 valence electrons. The van der Waals surface area contributed by atoms with Crippen molar-refractivity contribution in [1.29, 1.82) is 0 Å². The molecular formula is C18H15N5. The Morgan fingerprint density at radius 2 is 1.57 bits per heavy atom. The van der Waals surface area contributed by atoms with Crippen LogP contribution in [0.2, 0.25) is 0 Å². The van der Waals surface area contributed by atoms with Gasteiger partial charge in [0.2, 0.25) is 0 Å². The van der Waals surface area contributed by atoms with E-state index in [1.54, 1.807) is 0 Å². The molecule has 3 heterocycles. The molecule has 0 spiro atoms. The third-order valence-corrected chi connectivity index (χ3v) is 4.71. The summed E-state index contributed by atoms with van der Waals surface area (Å²) < 4.78 is 4.19. The Morgan fingerprint density at radius 1 is 0.783 bits per heavy atom. The molecule has 0 aliphatic carbocycles. The average Bonchev–Trinajstić information content (AvgIpc) is 2.99. The maximum atomic E-state index is 4.88. The minimum atomic E-state index is 0.888. The Bertz CT molecular complexity index is 1240. The SMILES string of the molecule is Cc1nc2cc3nc4c5ccccc5n(C)c4nc3cc2n1C. The lowest BCUT2D eigenvalue weighted by molar-refractivity contribution is 0.886. The summed E-state index contributed by atoms with van der Waals surface area (Å²) in [5.74, 6) is 0.991. The molecule has 5 heteroatoms. The van der Waals surface area contributed by atoms with E-state index in [1.807, 2.05) is 39.2 Å². The first-order valence-corrected chi connectivity index (χ1v) is 7.61. The van der Waals surface area contributed by atoms with Gasteiger partial charge in [-0.2, -0.15) is 0 Å². The first-order valence-electron chi connectivity index (χ1n) is 7.61. The third kappa shape index (κ3) is 1.54. The van der Waals surface area contributed by atoms with Gasteiger partial charge in [-0.3, -0.25) is 0 Å². The number of para-hydroxylation sites is 1. The minimum Gasteiger partial charge on any atom is -0.331 e. The van der Waals surface area contributed by atoms with Gasteiger partial charge in [-0.1, -0.05) is 18.2 Å². The van der Waals surface area contributed by atoms with Crippen LogP contribution in [0.15, 0.2) is 36.4 Å². The van der Waals surface area contributed by atoms with E-state index in [1.165, 1.54) is 0 Å². The summed E-state index contributed by atoms with van der Waals surface area (Å²) in [5, 5.41) is 1.14. The van der Waals surface area contributed by atoms with Gasteiger partial charge in [0, 0.05) is 19.5 Å². The van der Waals surface area contributed by atoms with Crippen molar-refractivity contribution in [2.75, 3.05) is 0 Å². The van der Waals surface area contributed by atoms with Crippen LogP contribution in [0.5, 0.6) is 0 Å². The van der Waals surface area contributed by atoms with Gasteiger partial charge >= 0.3 is 0 Å². The fourth-order valence-electron chi connectivity index (χ4n) is 3.35. The van der Waals surface area contributed by atoms with Gasteiger partial charge in [0.15, 0.2) is 5.65 Å². The number of rotatable bonds is 0. The lowest BCUT2D eigenvalue weighted by Crippen LogP contribution is -1.93. The number of aromatic nitrogens is 5. The van der Waals surface area contributed by atoms with Gasteiger partial charge < -0.3 is 9.13 Å². The van der Waals surface area contributed by atoms with Crippen molar-refractivity contribution in [3.63, 3.8) is 0 Å². The molecule has 0 aliphatic heterocycles. The highest BCUT2D eigenvalue weighted by atomic mass is 15.1. The second-order valence-electron chi connectivity index (χ2n) is 6.02. The Hall–Kier alpha value is -2.95. The maximum absolute atomic E-state index is 4.88. The van der Waals surface area contributed by atoms with E-state index < -0.39 is 0 Å². The molecule has 5 nitrogen and oxygen atoms in total. The van der Waals surface area contributed by atoms with Crippen LogP contribution in [0.4, 0.5) is 0 Å². The van der Waals surface area contributed by atoms with Crippen molar-refractivity contribution in [3.8, 4) is 0 Å². The van der Waals surface area contributed by atoms with E-state index in [0.29, 0.717) is 0 Å². The van der Waals surface area contributed by atoms with Crippen LogP contribution in [0.25, 0.3) is 44.1 Å². The molecule has 2 aromatic carbocycles. The van der Waals surface area contributed by atoms with Crippen molar-refractivity contribution in [3.05, 3.63) is 42.2 Å². The number of aryl methyl sites for hydroxylation is 3. The highest BCUT2D eigenvalue weighted by molar-refractivity contribution is 6.07. The van der Waals surface area contributed by atoms with Crippen molar-refractivity contribution in [2.24, 2.45) is 14.1 Å². The normalized spacial score (nSPS) is 12.1. The molecule has 23 heavy (non-hydrogen) atoms. The molecule has 0 unspecified atom stereocenters. The van der Waals surface area contributed by atoms with Crippen LogP contribution >= 0.6 is 0 Å². The highest BCUT2D eigenvalue weighted by Crippen LogP contribution is 2.28. The van der Waals surface area contributed by atoms with Crippen molar-refractivity contribution in [2.45, 2.75) is 6.92 Å². The molecule has 0 saturated carbocycles. The molecule has 5 aromatic rings. The summed E-state index contributed by atoms with van der Waals surface area (Å²) in [5.41, 5.74) is 6.85. The Kier molecular flexibility index (Phi) is 2.23. The predicted octanol–water partition coefficient (Wildman–Crippen LogP) is 3.47. The standard InChI is InChI=1S/C18H15N5/c1-10-19-14-8-12-13(9-16(14)22(10)2)21-18-17(20-12)11-6-4-5-7-15(11)23(18)3/h4-9H,1-3H3. The number of fused-ring (bicyclic) bond motifs is 5. The van der Waals surface area contributed by atoms with Gasteiger partial charge in [0.1, 0.15) is 11.3 Å². The van der Waals surface area contributed by atoms with Gasteiger partial charge in [0.05, 0.1) is 27.6 Å². The predicted molar refractivity (Wildman–Crippen MR) is 92.5 cm³/mol. The van der Waals surface area contributed by atoms with E-state index in [4.69, 9.17) is 9.97 Å². The van der Waals surface area contributed by atoms with Crippen LogP contribution < -0.4 is 0 Å². The molecule has 0 saturated heterocycles. The van der Waals surface area contributed by atoms with E-state index in [2.05, 4.69) is 32.3 Å². The van der Waals surface area contributed by atoms with Crippen molar-refractivity contribution < 1.29 is 0 Å². The van der Waals surface area contributed by atoms with Gasteiger partial charge in [-0.05, 0) is 25.1 Å². The van der Waals surface area contributed by atoms with E-state index in [0.717, 1.165) is 50.0 Å². The fraction of sp³-hybridized carbons (Fsp3) is 0.167. The molecule has 0 fully saturated rings. The summed E-state index contributed by atoms with van der Waals surface area (Å²) in [4.78, 5) is 14.4. The van der Waals surface area contributed by atoms with E-state index in [9.17, 15) is 0 Å². The molecule has 0 aliphatic rings. The maximum Gasteiger partial charge on any atom is 0.160 e. The minimum absolute atomic E-state index is 0.888. The quantitative estimate of drug-likeness (QED) is 0.440. The molecule has 0 radical (unpaired) electrons. The zero-order valence-corrected chi connectivity index (χ0v) is 13.2. The second kappa shape index (κ2) is 4.07. The lowest BCUT2D eigenvalue weighted by atomic mass is 10.2. The Balaban J connectivity index is 2.00. The Morgan fingerprint density at radius 3 is 2.43 bits per heavy atom. The Labute approximate surface area is 132 Å². The van der Waals surface area contributed by atoms with E-state index in [-0.39, 0.29) is 0 Å². The molecule has 0 amide bonds. The lowest BCUT2D eigenvalue weighted by Gasteiger charge is -2.01. The summed E-state index contributed by atoms with van der Waals surface area (Å²) in [6.45, 7) is 2.01. The van der Waals surface area contributed by atoms with Crippen LogP contribution in [0.1, 0.15) is 5.82 Å². The number of hydrogen-bond donors (Lipinski definition) is 0. The van der Waals surface area contributed by atoms with Crippen LogP contribution in [0.3, 0.4) is 0 Å². The zero-order valence-electron chi connectivity index (χ0n) is 13.2. The zero-order chi connectivity index (χ0) is 15.7. The summed E-state index contributed by atoms with van der Waals surface area (Å²) in [6, 6.07) is 12.4. The highest BCUT2D eigenvalue weighted by Gasteiger charge is 2.13. The third-order valence-electron chi connectivity index (χ3n) is 4.71. The molecule has 3 aromatic heterocycles. The van der Waals surface area contributed by atoms with Gasteiger partial charge in [-0.15, -0.1) is 0 Å². The summed E-state index contributed by atoms with van der Waals surface area (Å²) in [7, 11) is 4.07. The second-order valence-corrected chi connectivity index (χ2v) is 6.02. The van der Waals surface area contributed by atoms with Gasteiger partial charge in [0.25, 0.3) is 0 Å². The molecular weight excluding hydrogens is 286 g/mol. The summed E-state index contributed by atoms with van der Waals surface area (Å²) in [6.07, 6.45) is 0.